The summed E-state index contributed by atoms with van der Waals surface area (Å²) in [6.45, 7) is 3.79. The first-order valence-corrected chi connectivity index (χ1v) is 23.8. The molecule has 19 nitrogen and oxygen atoms in total. The maximum atomic E-state index is 14.6. The first kappa shape index (κ1) is 51.1. The molecule has 3 aliphatic heterocycles. The molecule has 0 radical (unpaired) electrons. The highest BCUT2D eigenvalue weighted by Crippen LogP contribution is 2.26. The first-order valence-electron chi connectivity index (χ1n) is 23.8. The average molecular weight is 948 g/mol. The fraction of sp³-hybridized carbons (Fsp3) is 0.460. The van der Waals surface area contributed by atoms with Crippen molar-refractivity contribution in [1.29, 1.82) is 5.41 Å². The largest absolute Gasteiger partial charge is 0.370 e. The maximum absolute atomic E-state index is 14.6. The highest BCUT2D eigenvalue weighted by molar-refractivity contribution is 5.99. The predicted molar refractivity (Wildman–Crippen MR) is 257 cm³/mol. The summed E-state index contributed by atoms with van der Waals surface area (Å²) in [5.74, 6) is -5.25. The van der Waals surface area contributed by atoms with Gasteiger partial charge in [-0.25, -0.2) is 0 Å². The van der Waals surface area contributed by atoms with Gasteiger partial charge in [0.25, 0.3) is 0 Å². The van der Waals surface area contributed by atoms with Crippen LogP contribution in [-0.2, 0) is 57.6 Å². The lowest BCUT2D eigenvalue weighted by atomic mass is 10.0. The molecule has 0 spiro atoms. The summed E-state index contributed by atoms with van der Waals surface area (Å²) < 4.78 is 0. The van der Waals surface area contributed by atoms with Crippen molar-refractivity contribution in [3.63, 3.8) is 0 Å². The molecule has 19 heteroatoms. The molecule has 3 aromatic carbocycles. The topological polar surface area (TPSA) is 277 Å². The zero-order chi connectivity index (χ0) is 49.5. The predicted octanol–water partition coefficient (Wildman–Crippen LogP) is 0.312. The van der Waals surface area contributed by atoms with Crippen molar-refractivity contribution in [2.75, 3.05) is 19.6 Å². The Labute approximate surface area is 402 Å². The van der Waals surface area contributed by atoms with Crippen LogP contribution in [-0.4, -0.2) is 131 Å². The molecule has 0 bridgehead atoms. The monoisotopic (exact) mass is 948 g/mol. The lowest BCUT2D eigenvalue weighted by Crippen LogP contribution is -2.61. The minimum absolute atomic E-state index is 0.00168. The van der Waals surface area contributed by atoms with Gasteiger partial charge in [0.05, 0.1) is 0 Å². The molecular formula is C50H65N11O8. The zero-order valence-electron chi connectivity index (χ0n) is 39.2. The van der Waals surface area contributed by atoms with Crippen LogP contribution in [0.4, 0.5) is 0 Å². The quantitative estimate of drug-likeness (QED) is 0.0721. The Morgan fingerprint density at radius 3 is 1.48 bits per heavy atom. The second kappa shape index (κ2) is 24.6. The summed E-state index contributed by atoms with van der Waals surface area (Å²) in [7, 11) is 0. The van der Waals surface area contributed by atoms with E-state index in [0.29, 0.717) is 30.4 Å². The molecule has 3 aliphatic rings. The number of carbonyl (C=O) groups excluding carboxylic acids is 8. The molecule has 8 amide bonds. The molecule has 3 heterocycles. The summed E-state index contributed by atoms with van der Waals surface area (Å²) in [5.41, 5.74) is 7.64. The Hall–Kier alpha value is -7.31. The van der Waals surface area contributed by atoms with Crippen LogP contribution in [0, 0.1) is 5.41 Å². The number of benzene rings is 3. The summed E-state index contributed by atoms with van der Waals surface area (Å²) >= 11 is 0. The van der Waals surface area contributed by atoms with Crippen LogP contribution >= 0.6 is 0 Å². The maximum Gasteiger partial charge on any atom is 0.246 e. The van der Waals surface area contributed by atoms with E-state index >= 15 is 0 Å². The van der Waals surface area contributed by atoms with Crippen LogP contribution in [0.2, 0.25) is 0 Å². The second-order valence-corrected chi connectivity index (χ2v) is 17.9. The van der Waals surface area contributed by atoms with Gasteiger partial charge in [-0.1, -0.05) is 97.9 Å². The smallest absolute Gasteiger partial charge is 0.246 e. The van der Waals surface area contributed by atoms with E-state index in [0.717, 1.165) is 5.56 Å². The van der Waals surface area contributed by atoms with Crippen molar-refractivity contribution in [1.82, 2.24) is 47.0 Å². The standard InChI is InChI=1S/C50H65N11O8/c1-3-35-43(63)54-31(2)42(62)59-39(30-34-20-11-6-12-21-34)48(68)61-27-15-24-41(61)49(69)60-26-14-23-40(60)47(67)56-36(22-13-25-53-50(51)52)44(64)57-38(29-33-18-9-5-10-19-33)46(66)58-37(45(65)55-35)28-32-16-7-4-8-17-32/h4-12,16-21,31,35-41H,3,13-15,22-30H2,1-2H3,(H,54,63)(H,55,65)(H,56,67)(H,57,64)(H,58,66)(H,59,62)(H4,51,52,53)/t31-,35-,36-,37-,38-,39-,40-,41+/m0/s1. The third-order valence-electron chi connectivity index (χ3n) is 12.8. The number of hydrogen-bond donors (Lipinski definition) is 9. The lowest BCUT2D eigenvalue weighted by molar-refractivity contribution is -0.148. The minimum atomic E-state index is -1.27. The summed E-state index contributed by atoms with van der Waals surface area (Å²) in [6, 6.07) is 17.8. The van der Waals surface area contributed by atoms with Gasteiger partial charge in [0, 0.05) is 38.9 Å². The first-order chi connectivity index (χ1) is 33.2. The number of hydrogen-bond acceptors (Lipinski definition) is 9. The molecule has 0 aliphatic carbocycles. The van der Waals surface area contributed by atoms with Gasteiger partial charge in [0.2, 0.25) is 47.3 Å². The van der Waals surface area contributed by atoms with E-state index < -0.39 is 95.6 Å². The summed E-state index contributed by atoms with van der Waals surface area (Å²) in [4.78, 5) is 117. The third kappa shape index (κ3) is 14.1. The van der Waals surface area contributed by atoms with Crippen LogP contribution in [0.15, 0.2) is 91.0 Å². The van der Waals surface area contributed by atoms with Crippen molar-refractivity contribution < 1.29 is 38.4 Å². The number of rotatable bonds is 11. The highest BCUT2D eigenvalue weighted by Gasteiger charge is 2.44. The van der Waals surface area contributed by atoms with Crippen molar-refractivity contribution in [3.8, 4) is 0 Å². The summed E-state index contributed by atoms with van der Waals surface area (Å²) in [6.07, 6.45) is 2.11. The van der Waals surface area contributed by atoms with Crippen LogP contribution in [0.5, 0.6) is 0 Å². The molecule has 0 aromatic heterocycles. The van der Waals surface area contributed by atoms with E-state index in [1.165, 1.54) is 16.7 Å². The normalized spacial score (nSPS) is 25.7. The number of fused-ring (bicyclic) bond motifs is 2. The van der Waals surface area contributed by atoms with Crippen molar-refractivity contribution in [2.24, 2.45) is 5.73 Å². The molecule has 0 unspecified atom stereocenters. The van der Waals surface area contributed by atoms with Crippen molar-refractivity contribution >= 4 is 53.2 Å². The molecule has 10 N–H and O–H groups in total. The Morgan fingerprint density at radius 2 is 0.971 bits per heavy atom. The lowest BCUT2D eigenvalue weighted by Gasteiger charge is -2.34. The molecule has 3 saturated heterocycles. The van der Waals surface area contributed by atoms with Gasteiger partial charge in [-0.2, -0.15) is 0 Å². The number of guanidine groups is 1. The Kier molecular flexibility index (Phi) is 18.2. The van der Waals surface area contributed by atoms with E-state index in [-0.39, 0.29) is 70.5 Å². The van der Waals surface area contributed by atoms with Gasteiger partial charge in [-0.3, -0.25) is 43.8 Å². The van der Waals surface area contributed by atoms with Gasteiger partial charge in [-0.15, -0.1) is 0 Å². The number of nitrogens with one attached hydrogen (secondary N) is 8. The van der Waals surface area contributed by atoms with Gasteiger partial charge in [-0.05, 0) is 68.6 Å². The SMILES string of the molecule is CC[C@@H]1NC(=O)[C@H](Cc2ccccc2)NC(=O)[C@H](Cc2ccccc2)NC(=O)[C@H](CCCNC(=N)N)NC(=O)[C@@H]2CCCN2C(=O)[C@H]2CCCN2C(=O)[C@H](Cc2ccccc2)NC(=O)[C@H](C)NC1=O. The molecule has 8 atom stereocenters. The van der Waals surface area contributed by atoms with Gasteiger partial charge in [0.1, 0.15) is 48.3 Å². The van der Waals surface area contributed by atoms with E-state index in [4.69, 9.17) is 11.1 Å². The average Bonchev–Trinajstić information content (AvgIpc) is 4.05. The van der Waals surface area contributed by atoms with Crippen LogP contribution < -0.4 is 43.0 Å². The number of nitrogens with two attached hydrogens (primary N) is 1. The van der Waals surface area contributed by atoms with E-state index in [2.05, 4.69) is 37.2 Å². The van der Waals surface area contributed by atoms with Crippen molar-refractivity contribution in [3.05, 3.63) is 108 Å². The van der Waals surface area contributed by atoms with Crippen LogP contribution in [0.1, 0.15) is 75.5 Å². The van der Waals surface area contributed by atoms with Gasteiger partial charge in [0.15, 0.2) is 5.96 Å². The molecule has 3 aromatic rings. The van der Waals surface area contributed by atoms with Crippen LogP contribution in [0.25, 0.3) is 0 Å². The minimum Gasteiger partial charge on any atom is -0.370 e. The number of carbonyl (C=O) groups is 8. The zero-order valence-corrected chi connectivity index (χ0v) is 39.2. The van der Waals surface area contributed by atoms with Gasteiger partial charge >= 0.3 is 0 Å². The fourth-order valence-electron chi connectivity index (χ4n) is 9.06. The number of nitrogens with zero attached hydrogens (tertiary/aromatic N) is 2. The van der Waals surface area contributed by atoms with Gasteiger partial charge < -0.3 is 52.8 Å². The molecule has 368 valence electrons. The third-order valence-corrected chi connectivity index (χ3v) is 12.8. The molecular weight excluding hydrogens is 883 g/mol. The Morgan fingerprint density at radius 1 is 0.551 bits per heavy atom. The Balaban J connectivity index is 1.37. The molecule has 69 heavy (non-hydrogen) atoms. The Bertz CT molecular complexity index is 2300. The van der Waals surface area contributed by atoms with Crippen molar-refractivity contribution in [2.45, 2.75) is 126 Å². The van der Waals surface area contributed by atoms with E-state index in [9.17, 15) is 38.4 Å². The fourth-order valence-corrected chi connectivity index (χ4v) is 9.06. The van der Waals surface area contributed by atoms with E-state index in [1.54, 1.807) is 79.7 Å². The second-order valence-electron chi connectivity index (χ2n) is 17.9. The van der Waals surface area contributed by atoms with Crippen LogP contribution in [0.3, 0.4) is 0 Å². The molecule has 0 saturated carbocycles. The molecule has 6 rings (SSSR count). The number of amides is 8. The molecule has 3 fully saturated rings. The highest BCUT2D eigenvalue weighted by atomic mass is 16.2. The summed E-state index contributed by atoms with van der Waals surface area (Å²) in [5, 5.41) is 27.1. The van der Waals surface area contributed by atoms with E-state index in [1.807, 2.05) is 18.2 Å².